The van der Waals surface area contributed by atoms with E-state index in [1.165, 1.54) is 12.1 Å². The number of azo groups is 1. The number of hydrogen-bond acceptors (Lipinski definition) is 8. The molecule has 0 fully saturated rings. The van der Waals surface area contributed by atoms with Gasteiger partial charge >= 0.3 is 5.97 Å². The Bertz CT molecular complexity index is 676. The van der Waals surface area contributed by atoms with Crippen molar-refractivity contribution in [2.24, 2.45) is 10.2 Å². The molecule has 0 unspecified atom stereocenters. The Kier molecular flexibility index (Phi) is 3.42. The van der Waals surface area contributed by atoms with E-state index in [-0.39, 0.29) is 28.8 Å². The molecule has 2 aromatic rings. The van der Waals surface area contributed by atoms with Crippen LogP contribution in [-0.4, -0.2) is 21.0 Å². The van der Waals surface area contributed by atoms with Gasteiger partial charge in [0.05, 0.1) is 11.3 Å². The van der Waals surface area contributed by atoms with Gasteiger partial charge in [-0.25, -0.2) is 4.79 Å². The average Bonchev–Trinajstić information content (AvgIpc) is 2.37. The highest BCUT2D eigenvalue weighted by atomic mass is 16.4. The first-order chi connectivity index (χ1) is 9.47. The number of rotatable bonds is 3. The minimum atomic E-state index is -1.06. The number of nitrogen functional groups attached to an aromatic ring is 3. The summed E-state index contributed by atoms with van der Waals surface area (Å²) in [5.41, 5.74) is 17.1. The summed E-state index contributed by atoms with van der Waals surface area (Å²) >= 11 is 0. The SMILES string of the molecule is Nc1nc(N)c(N=Nc2cccc(C(=O)O)c2)c(N)n1. The first-order valence-electron chi connectivity index (χ1n) is 5.41. The van der Waals surface area contributed by atoms with Crippen LogP contribution in [0.3, 0.4) is 0 Å². The van der Waals surface area contributed by atoms with E-state index in [1.807, 2.05) is 0 Å². The topological polar surface area (TPSA) is 166 Å². The van der Waals surface area contributed by atoms with Crippen LogP contribution in [-0.2, 0) is 0 Å². The fraction of sp³-hybridized carbons (Fsp3) is 0. The number of carboxylic acid groups (broad SMARTS) is 1. The molecule has 0 aliphatic carbocycles. The minimum Gasteiger partial charge on any atom is -0.478 e. The fourth-order valence-corrected chi connectivity index (χ4v) is 1.42. The van der Waals surface area contributed by atoms with Gasteiger partial charge in [-0.1, -0.05) is 6.07 Å². The zero-order valence-corrected chi connectivity index (χ0v) is 10.2. The van der Waals surface area contributed by atoms with Crippen LogP contribution in [0.25, 0.3) is 0 Å². The Morgan fingerprint density at radius 1 is 1.10 bits per heavy atom. The average molecular weight is 273 g/mol. The highest BCUT2D eigenvalue weighted by Crippen LogP contribution is 2.28. The van der Waals surface area contributed by atoms with Crippen molar-refractivity contribution in [3.05, 3.63) is 29.8 Å². The molecule has 0 radical (unpaired) electrons. The highest BCUT2D eigenvalue weighted by molar-refractivity contribution is 5.88. The van der Waals surface area contributed by atoms with E-state index >= 15 is 0 Å². The normalized spacial score (nSPS) is 10.8. The Labute approximate surface area is 113 Å². The second-order valence-corrected chi connectivity index (χ2v) is 3.76. The lowest BCUT2D eigenvalue weighted by Gasteiger charge is -2.02. The summed E-state index contributed by atoms with van der Waals surface area (Å²) in [5.74, 6) is -1.13. The molecule has 0 aliphatic rings. The second kappa shape index (κ2) is 5.18. The molecule has 0 saturated heterocycles. The Balaban J connectivity index is 2.35. The molecule has 0 saturated carbocycles. The Morgan fingerprint density at radius 2 is 1.75 bits per heavy atom. The van der Waals surface area contributed by atoms with Gasteiger partial charge < -0.3 is 22.3 Å². The largest absolute Gasteiger partial charge is 0.478 e. The van der Waals surface area contributed by atoms with Crippen LogP contribution in [0.2, 0.25) is 0 Å². The zero-order valence-electron chi connectivity index (χ0n) is 10.2. The van der Waals surface area contributed by atoms with Crippen molar-refractivity contribution in [3.8, 4) is 0 Å². The van der Waals surface area contributed by atoms with Crippen LogP contribution < -0.4 is 17.2 Å². The van der Waals surface area contributed by atoms with Gasteiger partial charge in [0, 0.05) is 0 Å². The van der Waals surface area contributed by atoms with Gasteiger partial charge in [-0.15, -0.1) is 5.11 Å². The first-order valence-corrected chi connectivity index (χ1v) is 5.41. The predicted octanol–water partition coefficient (Wildman–Crippen LogP) is 1.34. The lowest BCUT2D eigenvalue weighted by molar-refractivity contribution is 0.0697. The molecule has 0 atom stereocenters. The van der Waals surface area contributed by atoms with Crippen molar-refractivity contribution in [1.29, 1.82) is 0 Å². The molecular weight excluding hydrogens is 262 g/mol. The summed E-state index contributed by atoms with van der Waals surface area (Å²) in [7, 11) is 0. The summed E-state index contributed by atoms with van der Waals surface area (Å²) in [4.78, 5) is 18.2. The van der Waals surface area contributed by atoms with Crippen molar-refractivity contribution >= 4 is 34.9 Å². The van der Waals surface area contributed by atoms with Crippen LogP contribution in [0, 0.1) is 0 Å². The molecule has 2 rings (SSSR count). The van der Waals surface area contributed by atoms with E-state index in [4.69, 9.17) is 22.3 Å². The molecule has 1 aromatic heterocycles. The first kappa shape index (κ1) is 13.2. The van der Waals surface area contributed by atoms with Crippen LogP contribution >= 0.6 is 0 Å². The van der Waals surface area contributed by atoms with Gasteiger partial charge in [-0.05, 0) is 18.2 Å². The third kappa shape index (κ3) is 2.77. The van der Waals surface area contributed by atoms with Crippen molar-refractivity contribution in [1.82, 2.24) is 9.97 Å². The van der Waals surface area contributed by atoms with E-state index < -0.39 is 5.97 Å². The molecule has 20 heavy (non-hydrogen) atoms. The van der Waals surface area contributed by atoms with Crippen molar-refractivity contribution in [2.45, 2.75) is 0 Å². The van der Waals surface area contributed by atoms with Crippen LogP contribution in [0.4, 0.5) is 29.0 Å². The van der Waals surface area contributed by atoms with E-state index in [9.17, 15) is 4.79 Å². The Morgan fingerprint density at radius 3 is 2.35 bits per heavy atom. The molecule has 7 N–H and O–H groups in total. The maximum Gasteiger partial charge on any atom is 0.335 e. The number of benzene rings is 1. The molecule has 9 heteroatoms. The molecule has 102 valence electrons. The number of nitrogens with two attached hydrogens (primary N) is 3. The molecule has 1 aromatic carbocycles. The second-order valence-electron chi connectivity index (χ2n) is 3.76. The van der Waals surface area contributed by atoms with Gasteiger partial charge in [0.25, 0.3) is 0 Å². The molecule has 0 amide bonds. The lowest BCUT2D eigenvalue weighted by Crippen LogP contribution is -2.03. The van der Waals surface area contributed by atoms with E-state index in [2.05, 4.69) is 20.2 Å². The minimum absolute atomic E-state index is 0.00635. The summed E-state index contributed by atoms with van der Waals surface area (Å²) in [6, 6.07) is 5.93. The third-order valence-corrected chi connectivity index (χ3v) is 2.31. The smallest absolute Gasteiger partial charge is 0.335 e. The summed E-state index contributed by atoms with van der Waals surface area (Å²) in [5, 5.41) is 16.5. The van der Waals surface area contributed by atoms with Crippen molar-refractivity contribution in [2.75, 3.05) is 17.2 Å². The molecule has 0 spiro atoms. The van der Waals surface area contributed by atoms with Gasteiger partial charge in [0.15, 0.2) is 17.3 Å². The fourth-order valence-electron chi connectivity index (χ4n) is 1.42. The number of aromatic nitrogens is 2. The van der Waals surface area contributed by atoms with Gasteiger partial charge in [0.1, 0.15) is 0 Å². The standard InChI is InChI=1S/C11H11N7O2/c12-8-7(9(13)16-11(14)15-8)18-17-6-3-1-2-5(4-6)10(19)20/h1-4H,(H,19,20)(H6,12,13,14,15,16). The number of carboxylic acids is 1. The number of aromatic carboxylic acids is 1. The molecule has 9 nitrogen and oxygen atoms in total. The molecular formula is C11H11N7O2. The highest BCUT2D eigenvalue weighted by Gasteiger charge is 2.08. The van der Waals surface area contributed by atoms with Gasteiger partial charge in [-0.2, -0.15) is 15.1 Å². The lowest BCUT2D eigenvalue weighted by atomic mass is 10.2. The summed E-state index contributed by atoms with van der Waals surface area (Å²) < 4.78 is 0. The van der Waals surface area contributed by atoms with Crippen molar-refractivity contribution < 1.29 is 9.90 Å². The van der Waals surface area contributed by atoms with Crippen LogP contribution in [0.5, 0.6) is 0 Å². The summed E-state index contributed by atoms with van der Waals surface area (Å²) in [6.45, 7) is 0. The number of hydrogen-bond donors (Lipinski definition) is 4. The number of anilines is 3. The van der Waals surface area contributed by atoms with Crippen LogP contribution in [0.15, 0.2) is 34.5 Å². The van der Waals surface area contributed by atoms with E-state index in [0.29, 0.717) is 5.69 Å². The van der Waals surface area contributed by atoms with Gasteiger partial charge in [-0.3, -0.25) is 0 Å². The number of carbonyl (C=O) groups is 1. The molecule has 0 aliphatic heterocycles. The maximum atomic E-state index is 10.8. The quantitative estimate of drug-likeness (QED) is 0.612. The Hall–Kier alpha value is -3.23. The van der Waals surface area contributed by atoms with Crippen LogP contribution in [0.1, 0.15) is 10.4 Å². The zero-order chi connectivity index (χ0) is 14.7. The summed E-state index contributed by atoms with van der Waals surface area (Å²) in [6.07, 6.45) is 0. The van der Waals surface area contributed by atoms with E-state index in [0.717, 1.165) is 0 Å². The predicted molar refractivity (Wildman–Crippen MR) is 72.8 cm³/mol. The van der Waals surface area contributed by atoms with Gasteiger partial charge in [0.2, 0.25) is 5.95 Å². The third-order valence-electron chi connectivity index (χ3n) is 2.31. The van der Waals surface area contributed by atoms with Crippen molar-refractivity contribution in [3.63, 3.8) is 0 Å². The maximum absolute atomic E-state index is 10.8. The number of nitrogens with zero attached hydrogens (tertiary/aromatic N) is 4. The van der Waals surface area contributed by atoms with E-state index in [1.54, 1.807) is 12.1 Å². The monoisotopic (exact) mass is 273 g/mol. The molecule has 1 heterocycles. The molecule has 0 bridgehead atoms.